The van der Waals surface area contributed by atoms with E-state index in [4.69, 9.17) is 37.4 Å². The number of rotatable bonds is 7. The normalized spacial score (nSPS) is 22.7. The molecule has 0 radical (unpaired) electrons. The van der Waals surface area contributed by atoms with Crippen LogP contribution in [0.5, 0.6) is 0 Å². The second-order valence-corrected chi connectivity index (χ2v) is 7.57. The molecule has 1 fully saturated rings. The molecule has 1 aliphatic rings. The van der Waals surface area contributed by atoms with E-state index >= 15 is 0 Å². The molecular formula is C16H21Cl2N5O5. The molecule has 2 aromatic heterocycles. The van der Waals surface area contributed by atoms with Crippen LogP contribution in [0.25, 0.3) is 11.2 Å². The lowest BCUT2D eigenvalue weighted by Crippen LogP contribution is -2.36. The van der Waals surface area contributed by atoms with Gasteiger partial charge in [-0.1, -0.05) is 16.8 Å². The molecule has 1 N–H and O–H groups in total. The number of hydrogen-bond acceptors (Lipinski definition) is 9. The summed E-state index contributed by atoms with van der Waals surface area (Å²) in [4.78, 5) is 19.7. The van der Waals surface area contributed by atoms with E-state index in [9.17, 15) is 9.90 Å². The molecule has 0 aliphatic heterocycles. The molecule has 1 aliphatic carbocycles. The second-order valence-electron chi connectivity index (χ2n) is 6.87. The molecular weight excluding hydrogens is 413 g/mol. The molecule has 28 heavy (non-hydrogen) atoms. The monoisotopic (exact) mass is 433 g/mol. The topological polar surface area (TPSA) is 121 Å². The maximum absolute atomic E-state index is 11.6. The third-order valence-electron chi connectivity index (χ3n) is 4.18. The van der Waals surface area contributed by atoms with Gasteiger partial charge >= 0.3 is 5.97 Å². The molecule has 0 saturated heterocycles. The Morgan fingerprint density at radius 1 is 1.29 bits per heavy atom. The fourth-order valence-corrected chi connectivity index (χ4v) is 3.61. The molecule has 0 aromatic carbocycles. The van der Waals surface area contributed by atoms with Crippen LogP contribution in [0.4, 0.5) is 0 Å². The van der Waals surface area contributed by atoms with Crippen LogP contribution in [-0.2, 0) is 19.0 Å². The highest BCUT2D eigenvalue weighted by Crippen LogP contribution is 2.37. The number of ether oxygens (including phenoxy) is 3. The highest BCUT2D eigenvalue weighted by Gasteiger charge is 2.41. The maximum atomic E-state index is 11.6. The van der Waals surface area contributed by atoms with Gasteiger partial charge in [-0.25, -0.2) is 14.5 Å². The van der Waals surface area contributed by atoms with Gasteiger partial charge in [0.1, 0.15) is 6.61 Å². The highest BCUT2D eigenvalue weighted by molar-refractivity contribution is 6.35. The predicted molar refractivity (Wildman–Crippen MR) is 99.0 cm³/mol. The quantitative estimate of drug-likeness (QED) is 0.301. The van der Waals surface area contributed by atoms with E-state index in [-0.39, 0.29) is 29.7 Å². The van der Waals surface area contributed by atoms with Crippen LogP contribution in [0.1, 0.15) is 39.7 Å². The van der Waals surface area contributed by atoms with Gasteiger partial charge in [0.2, 0.25) is 5.28 Å². The number of halogens is 2. The van der Waals surface area contributed by atoms with Crippen LogP contribution in [0.3, 0.4) is 0 Å². The Bertz CT molecular complexity index is 856. The number of carbonyl (C=O) groups excluding carboxylic acids is 1. The summed E-state index contributed by atoms with van der Waals surface area (Å²) in [5, 5.41) is 18.3. The van der Waals surface area contributed by atoms with Gasteiger partial charge in [-0.15, -0.1) is 5.10 Å². The lowest BCUT2D eigenvalue weighted by molar-refractivity contribution is -0.224. The van der Waals surface area contributed by atoms with E-state index < -0.39 is 24.0 Å². The first-order valence-electron chi connectivity index (χ1n) is 8.79. The Balaban J connectivity index is 1.82. The summed E-state index contributed by atoms with van der Waals surface area (Å²) in [6.07, 6.45) is -0.0353. The predicted octanol–water partition coefficient (Wildman–Crippen LogP) is 1.92. The van der Waals surface area contributed by atoms with Gasteiger partial charge in [0.05, 0.1) is 24.9 Å². The summed E-state index contributed by atoms with van der Waals surface area (Å²) < 4.78 is 17.9. The largest absolute Gasteiger partial charge is 0.464 e. The van der Waals surface area contributed by atoms with Gasteiger partial charge in [0, 0.05) is 0 Å². The Kier molecular flexibility index (Phi) is 6.35. The zero-order valence-electron chi connectivity index (χ0n) is 15.6. The van der Waals surface area contributed by atoms with Gasteiger partial charge in [0.25, 0.3) is 0 Å². The summed E-state index contributed by atoms with van der Waals surface area (Å²) in [5.74, 6) is -1.84. The van der Waals surface area contributed by atoms with Crippen LogP contribution in [-0.4, -0.2) is 67.2 Å². The number of fused-ring (bicyclic) bond motifs is 1. The molecule has 154 valence electrons. The Hall–Kier alpha value is -1.59. The molecule has 3 rings (SSSR count). The fourth-order valence-electron chi connectivity index (χ4n) is 3.20. The minimum Gasteiger partial charge on any atom is -0.464 e. The molecule has 3 unspecified atom stereocenters. The summed E-state index contributed by atoms with van der Waals surface area (Å²) in [5.41, 5.74) is 0.727. The van der Waals surface area contributed by atoms with E-state index in [0.29, 0.717) is 24.0 Å². The van der Waals surface area contributed by atoms with E-state index in [1.165, 1.54) is 13.8 Å². The van der Waals surface area contributed by atoms with Crippen LogP contribution in [0.2, 0.25) is 10.4 Å². The lowest BCUT2D eigenvalue weighted by atomic mass is 10.2. The second kappa shape index (κ2) is 8.42. The SMILES string of the molecule is CCOC(=O)COC1CC(n2nnc3c(Cl)nc(Cl)nc32)CC1OC(C)(C)O. The Morgan fingerprint density at radius 2 is 2.00 bits per heavy atom. The third-order valence-corrected chi connectivity index (χ3v) is 4.62. The van der Waals surface area contributed by atoms with Crippen molar-refractivity contribution in [3.63, 3.8) is 0 Å². The third kappa shape index (κ3) is 4.87. The first-order valence-corrected chi connectivity index (χ1v) is 9.55. The zero-order chi connectivity index (χ0) is 20.5. The highest BCUT2D eigenvalue weighted by atomic mass is 35.5. The van der Waals surface area contributed by atoms with Crippen LogP contribution in [0.15, 0.2) is 0 Å². The Labute approximate surface area is 171 Å². The average molecular weight is 434 g/mol. The van der Waals surface area contributed by atoms with Crippen molar-refractivity contribution in [1.82, 2.24) is 25.0 Å². The molecule has 0 amide bonds. The van der Waals surface area contributed by atoms with Crippen molar-refractivity contribution in [2.24, 2.45) is 0 Å². The number of carbonyl (C=O) groups is 1. The van der Waals surface area contributed by atoms with Gasteiger partial charge in [-0.3, -0.25) is 0 Å². The van der Waals surface area contributed by atoms with Gasteiger partial charge < -0.3 is 19.3 Å². The van der Waals surface area contributed by atoms with E-state index in [2.05, 4.69) is 20.3 Å². The number of esters is 1. The molecule has 2 aromatic rings. The average Bonchev–Trinajstić information content (AvgIpc) is 3.15. The molecule has 0 spiro atoms. The fraction of sp³-hybridized carbons (Fsp3) is 0.688. The van der Waals surface area contributed by atoms with Crippen molar-refractivity contribution in [2.75, 3.05) is 13.2 Å². The van der Waals surface area contributed by atoms with Crippen molar-refractivity contribution < 1.29 is 24.1 Å². The summed E-state index contributed by atoms with van der Waals surface area (Å²) in [6, 6.07) is -0.216. The van der Waals surface area contributed by atoms with Crippen LogP contribution in [0, 0.1) is 0 Å². The van der Waals surface area contributed by atoms with Gasteiger partial charge in [0.15, 0.2) is 22.1 Å². The number of aromatic nitrogens is 5. The summed E-state index contributed by atoms with van der Waals surface area (Å²) in [6.45, 7) is 4.83. The van der Waals surface area contributed by atoms with E-state index in [0.717, 1.165) is 0 Å². The van der Waals surface area contributed by atoms with Crippen LogP contribution >= 0.6 is 23.2 Å². The smallest absolute Gasteiger partial charge is 0.332 e. The van der Waals surface area contributed by atoms with Gasteiger partial charge in [-0.05, 0) is 45.2 Å². The number of nitrogens with zero attached hydrogens (tertiary/aromatic N) is 5. The molecule has 1 saturated carbocycles. The summed E-state index contributed by atoms with van der Waals surface area (Å²) >= 11 is 12.0. The first-order chi connectivity index (χ1) is 13.2. The molecule has 3 atom stereocenters. The zero-order valence-corrected chi connectivity index (χ0v) is 17.1. The van der Waals surface area contributed by atoms with Crippen molar-refractivity contribution >= 4 is 40.3 Å². The first kappa shape index (κ1) is 21.1. The minimum absolute atomic E-state index is 0.0153. The molecule has 10 nitrogen and oxygen atoms in total. The van der Waals surface area contributed by atoms with Gasteiger partial charge in [-0.2, -0.15) is 4.98 Å². The number of aliphatic hydroxyl groups is 1. The van der Waals surface area contributed by atoms with Crippen molar-refractivity contribution in [1.29, 1.82) is 0 Å². The van der Waals surface area contributed by atoms with E-state index in [1.54, 1.807) is 11.6 Å². The molecule has 12 heteroatoms. The standard InChI is InChI=1S/C16H21Cl2N5O5/c1-4-26-11(24)7-27-9-5-8(6-10(9)28-16(2,3)25)23-14-12(21-22-23)13(17)19-15(18)20-14/h8-10,25H,4-7H2,1-3H3. The van der Waals surface area contributed by atoms with Crippen molar-refractivity contribution in [3.05, 3.63) is 10.4 Å². The molecule has 2 heterocycles. The van der Waals surface area contributed by atoms with Crippen molar-refractivity contribution in [3.8, 4) is 0 Å². The maximum Gasteiger partial charge on any atom is 0.332 e. The minimum atomic E-state index is -1.37. The number of hydrogen-bond donors (Lipinski definition) is 1. The lowest BCUT2D eigenvalue weighted by Gasteiger charge is -2.27. The Morgan fingerprint density at radius 3 is 2.68 bits per heavy atom. The van der Waals surface area contributed by atoms with E-state index in [1.807, 2.05) is 0 Å². The molecule has 0 bridgehead atoms. The summed E-state index contributed by atoms with van der Waals surface area (Å²) in [7, 11) is 0. The van der Waals surface area contributed by atoms with Crippen molar-refractivity contribution in [2.45, 2.75) is 57.6 Å². The van der Waals surface area contributed by atoms with Crippen LogP contribution < -0.4 is 0 Å².